The Morgan fingerprint density at radius 2 is 2.10 bits per heavy atom. The molecule has 2 N–H and O–H groups in total. The second-order valence-corrected chi connectivity index (χ2v) is 9.29. The predicted molar refractivity (Wildman–Crippen MR) is 112 cm³/mol. The SMILES string of the molecule is CC(C)CC(NC(=O)c1csc2ccccc12)C(=O)NC12CCCC1OCC2=O. The van der Waals surface area contributed by atoms with Crippen molar-refractivity contribution in [2.75, 3.05) is 6.61 Å². The number of ether oxygens (including phenoxy) is 1. The minimum atomic E-state index is -0.924. The molecule has 2 aliphatic rings. The fourth-order valence-corrected chi connectivity index (χ4v) is 5.38. The number of carbonyl (C=O) groups is 3. The molecule has 154 valence electrons. The number of thiophene rings is 1. The number of amides is 2. The quantitative estimate of drug-likeness (QED) is 0.761. The van der Waals surface area contributed by atoms with E-state index < -0.39 is 11.6 Å². The molecule has 0 radical (unpaired) electrons. The summed E-state index contributed by atoms with van der Waals surface area (Å²) in [6.45, 7) is 4.06. The first kappa shape index (κ1) is 20.0. The summed E-state index contributed by atoms with van der Waals surface area (Å²) in [5.74, 6) is -0.431. The van der Waals surface area contributed by atoms with Crippen LogP contribution in [0, 0.1) is 5.92 Å². The highest BCUT2D eigenvalue weighted by Crippen LogP contribution is 2.38. The Bertz CT molecular complexity index is 953. The summed E-state index contributed by atoms with van der Waals surface area (Å²) in [5, 5.41) is 8.59. The van der Waals surface area contributed by atoms with E-state index in [2.05, 4.69) is 10.6 Å². The monoisotopic (exact) mass is 414 g/mol. The maximum Gasteiger partial charge on any atom is 0.253 e. The largest absolute Gasteiger partial charge is 0.367 e. The van der Waals surface area contributed by atoms with Crippen LogP contribution in [0.5, 0.6) is 0 Å². The average Bonchev–Trinajstić information content (AvgIpc) is 3.36. The van der Waals surface area contributed by atoms with Gasteiger partial charge in [0.15, 0.2) is 5.78 Å². The van der Waals surface area contributed by atoms with Gasteiger partial charge in [0, 0.05) is 15.5 Å². The number of benzene rings is 1. The third kappa shape index (κ3) is 3.69. The van der Waals surface area contributed by atoms with Crippen LogP contribution >= 0.6 is 11.3 Å². The van der Waals surface area contributed by atoms with E-state index in [-0.39, 0.29) is 36.2 Å². The van der Waals surface area contributed by atoms with Gasteiger partial charge >= 0.3 is 0 Å². The minimum absolute atomic E-state index is 0.0487. The number of carbonyl (C=O) groups excluding carboxylic acids is 3. The lowest BCUT2D eigenvalue weighted by molar-refractivity contribution is -0.131. The van der Waals surface area contributed by atoms with Crippen molar-refractivity contribution in [3.8, 4) is 0 Å². The number of Topliss-reactive ketones (excluding diaryl/α,β-unsaturated/α-hetero) is 1. The molecular weight excluding hydrogens is 388 g/mol. The maximum atomic E-state index is 13.2. The number of hydrogen-bond donors (Lipinski definition) is 2. The minimum Gasteiger partial charge on any atom is -0.367 e. The molecule has 0 bridgehead atoms. The summed E-state index contributed by atoms with van der Waals surface area (Å²) in [6.07, 6.45) is 2.46. The van der Waals surface area contributed by atoms with Gasteiger partial charge in [-0.25, -0.2) is 0 Å². The van der Waals surface area contributed by atoms with Gasteiger partial charge in [0.05, 0.1) is 11.7 Å². The van der Waals surface area contributed by atoms with Crippen molar-refractivity contribution >= 4 is 39.0 Å². The van der Waals surface area contributed by atoms with Crippen molar-refractivity contribution in [2.24, 2.45) is 5.92 Å². The molecule has 0 spiro atoms. The molecule has 2 heterocycles. The summed E-state index contributed by atoms with van der Waals surface area (Å²) >= 11 is 1.51. The molecule has 3 unspecified atom stereocenters. The standard InChI is InChI=1S/C22H26N2O4S/c1-13(2)10-16(21(27)24-22-9-5-8-19(22)28-11-18(22)25)23-20(26)15-12-29-17-7-4-3-6-14(15)17/h3-4,6-7,12-13,16,19H,5,8-11H2,1-2H3,(H,23,26)(H,24,27). The Kier molecular flexibility index (Phi) is 5.44. The molecule has 6 nitrogen and oxygen atoms in total. The second kappa shape index (κ2) is 7.88. The summed E-state index contributed by atoms with van der Waals surface area (Å²) in [6, 6.07) is 7.02. The van der Waals surface area contributed by atoms with Crippen LogP contribution in [0.3, 0.4) is 0 Å². The molecule has 2 fully saturated rings. The Morgan fingerprint density at radius 1 is 1.31 bits per heavy atom. The second-order valence-electron chi connectivity index (χ2n) is 8.38. The van der Waals surface area contributed by atoms with Gasteiger partial charge in [0.2, 0.25) is 5.91 Å². The Morgan fingerprint density at radius 3 is 2.90 bits per heavy atom. The first-order chi connectivity index (χ1) is 13.9. The zero-order chi connectivity index (χ0) is 20.6. The van der Waals surface area contributed by atoms with Gasteiger partial charge in [0.25, 0.3) is 5.91 Å². The van der Waals surface area contributed by atoms with Crippen molar-refractivity contribution in [1.82, 2.24) is 10.6 Å². The lowest BCUT2D eigenvalue weighted by Crippen LogP contribution is -2.60. The van der Waals surface area contributed by atoms with Gasteiger partial charge in [-0.1, -0.05) is 32.0 Å². The first-order valence-electron chi connectivity index (χ1n) is 10.1. The van der Waals surface area contributed by atoms with E-state index in [1.807, 2.05) is 43.5 Å². The van der Waals surface area contributed by atoms with Gasteiger partial charge in [-0.2, -0.15) is 0 Å². The molecule has 2 aromatic rings. The van der Waals surface area contributed by atoms with Crippen LogP contribution in [-0.4, -0.2) is 41.9 Å². The van der Waals surface area contributed by atoms with Crippen molar-refractivity contribution in [3.05, 3.63) is 35.2 Å². The third-order valence-electron chi connectivity index (χ3n) is 5.90. The molecule has 1 aliphatic carbocycles. The van der Waals surface area contributed by atoms with E-state index in [0.717, 1.165) is 22.9 Å². The lowest BCUT2D eigenvalue weighted by Gasteiger charge is -2.30. The lowest BCUT2D eigenvalue weighted by atomic mass is 9.91. The molecule has 4 rings (SSSR count). The van der Waals surface area contributed by atoms with Crippen LogP contribution in [0.1, 0.15) is 49.9 Å². The smallest absolute Gasteiger partial charge is 0.253 e. The number of ketones is 1. The molecule has 7 heteroatoms. The van der Waals surface area contributed by atoms with Crippen molar-refractivity contribution in [2.45, 2.75) is 57.2 Å². The van der Waals surface area contributed by atoms with Gasteiger partial charge in [0.1, 0.15) is 18.2 Å². The normalized spacial score (nSPS) is 24.7. The van der Waals surface area contributed by atoms with Crippen LogP contribution in [0.15, 0.2) is 29.6 Å². The Balaban J connectivity index is 1.53. The molecule has 29 heavy (non-hydrogen) atoms. The Labute approximate surface area is 174 Å². The molecule has 1 saturated heterocycles. The van der Waals surface area contributed by atoms with Gasteiger partial charge in [-0.05, 0) is 37.7 Å². The van der Waals surface area contributed by atoms with Gasteiger partial charge < -0.3 is 15.4 Å². The van der Waals surface area contributed by atoms with E-state index in [4.69, 9.17) is 4.74 Å². The zero-order valence-corrected chi connectivity index (χ0v) is 17.5. The highest BCUT2D eigenvalue weighted by molar-refractivity contribution is 7.17. The molecule has 3 atom stereocenters. The van der Waals surface area contributed by atoms with Crippen LogP contribution in [-0.2, 0) is 14.3 Å². The van der Waals surface area contributed by atoms with E-state index in [0.29, 0.717) is 18.4 Å². The van der Waals surface area contributed by atoms with Gasteiger partial charge in [-0.15, -0.1) is 11.3 Å². The zero-order valence-electron chi connectivity index (χ0n) is 16.7. The third-order valence-corrected chi connectivity index (χ3v) is 6.86. The van der Waals surface area contributed by atoms with Crippen LogP contribution < -0.4 is 10.6 Å². The van der Waals surface area contributed by atoms with Crippen molar-refractivity contribution in [3.63, 3.8) is 0 Å². The molecule has 1 aromatic heterocycles. The predicted octanol–water partition coefficient (Wildman–Crippen LogP) is 3.05. The number of rotatable bonds is 6. The van der Waals surface area contributed by atoms with E-state index in [1.54, 1.807) is 0 Å². The molecule has 1 aromatic carbocycles. The highest BCUT2D eigenvalue weighted by Gasteiger charge is 2.55. The molecule has 1 aliphatic heterocycles. The Hall–Kier alpha value is -2.25. The fourth-order valence-electron chi connectivity index (χ4n) is 4.44. The molecular formula is C22H26N2O4S. The number of hydrogen-bond acceptors (Lipinski definition) is 5. The molecule has 1 saturated carbocycles. The first-order valence-corrected chi connectivity index (χ1v) is 11.0. The topological polar surface area (TPSA) is 84.5 Å². The summed E-state index contributed by atoms with van der Waals surface area (Å²) in [7, 11) is 0. The highest BCUT2D eigenvalue weighted by atomic mass is 32.1. The number of nitrogens with one attached hydrogen (secondary N) is 2. The van der Waals surface area contributed by atoms with Crippen molar-refractivity contribution < 1.29 is 19.1 Å². The fraction of sp³-hybridized carbons (Fsp3) is 0.500. The van der Waals surface area contributed by atoms with Gasteiger partial charge in [-0.3, -0.25) is 14.4 Å². The van der Waals surface area contributed by atoms with E-state index in [9.17, 15) is 14.4 Å². The summed E-state index contributed by atoms with van der Waals surface area (Å²) < 4.78 is 6.62. The maximum absolute atomic E-state index is 13.2. The van der Waals surface area contributed by atoms with E-state index in [1.165, 1.54) is 11.3 Å². The van der Waals surface area contributed by atoms with Crippen LogP contribution in [0.25, 0.3) is 10.1 Å². The van der Waals surface area contributed by atoms with Crippen LogP contribution in [0.2, 0.25) is 0 Å². The van der Waals surface area contributed by atoms with Crippen molar-refractivity contribution in [1.29, 1.82) is 0 Å². The van der Waals surface area contributed by atoms with E-state index >= 15 is 0 Å². The molecule has 2 amide bonds. The summed E-state index contributed by atoms with van der Waals surface area (Å²) in [4.78, 5) is 38.6. The van der Waals surface area contributed by atoms with Crippen LogP contribution in [0.4, 0.5) is 0 Å². The average molecular weight is 415 g/mol. The summed E-state index contributed by atoms with van der Waals surface area (Å²) in [5.41, 5.74) is -0.351. The number of fused-ring (bicyclic) bond motifs is 2.